The van der Waals surface area contributed by atoms with Crippen LogP contribution in [0.1, 0.15) is 56.7 Å². The van der Waals surface area contributed by atoms with Crippen molar-refractivity contribution in [2.75, 3.05) is 20.3 Å². The van der Waals surface area contributed by atoms with Crippen LogP contribution >= 0.6 is 0 Å². The Bertz CT molecular complexity index is 663. The molecule has 30 heavy (non-hydrogen) atoms. The minimum Gasteiger partial charge on any atom is -0.460 e. The molecule has 0 aliphatic carbocycles. The molecule has 0 saturated carbocycles. The zero-order valence-corrected chi connectivity index (χ0v) is 18.9. The molecule has 4 atom stereocenters. The smallest absolute Gasteiger partial charge is 0.309 e. The molecule has 2 rings (SSSR count). The van der Waals surface area contributed by atoms with Gasteiger partial charge in [-0.3, -0.25) is 4.79 Å². The fourth-order valence-corrected chi connectivity index (χ4v) is 4.24. The lowest BCUT2D eigenvalue weighted by molar-refractivity contribution is -0.146. The third kappa shape index (κ3) is 7.05. The van der Waals surface area contributed by atoms with E-state index in [0.717, 1.165) is 30.4 Å². The lowest BCUT2D eigenvalue weighted by atomic mass is 9.87. The van der Waals surface area contributed by atoms with E-state index in [-0.39, 0.29) is 37.2 Å². The number of ether oxygens (including phenoxy) is 2. The van der Waals surface area contributed by atoms with Crippen LogP contribution in [-0.4, -0.2) is 48.6 Å². The maximum atomic E-state index is 12.2. The summed E-state index contributed by atoms with van der Waals surface area (Å²) in [5, 5.41) is 21.8. The van der Waals surface area contributed by atoms with Gasteiger partial charge in [0.1, 0.15) is 6.10 Å². The Hall–Kier alpha value is -1.47. The van der Waals surface area contributed by atoms with Gasteiger partial charge in [-0.05, 0) is 61.3 Å². The van der Waals surface area contributed by atoms with Crippen molar-refractivity contribution in [2.45, 2.75) is 71.8 Å². The van der Waals surface area contributed by atoms with Crippen molar-refractivity contribution in [1.29, 1.82) is 0 Å². The van der Waals surface area contributed by atoms with Gasteiger partial charge in [0.25, 0.3) is 0 Å². The molecule has 0 radical (unpaired) electrons. The summed E-state index contributed by atoms with van der Waals surface area (Å²) in [5.74, 6) is 0.650. The summed E-state index contributed by atoms with van der Waals surface area (Å²) >= 11 is 0. The number of hydrogen-bond acceptors (Lipinski definition) is 6. The molecule has 3 N–H and O–H groups in total. The van der Waals surface area contributed by atoms with Crippen molar-refractivity contribution in [2.24, 2.45) is 17.8 Å². The number of aliphatic hydroxyl groups excluding tert-OH is 2. The predicted octanol–water partition coefficient (Wildman–Crippen LogP) is 2.82. The second kappa shape index (κ2) is 12.4. The SMILES string of the molecule is CN[C@@H](C[C@@H](C)Cc1ccc(CO)c(COCCCO)c1)[C@@H]1C[C@@H](C(C)C)C(=O)O1. The number of aliphatic hydroxyl groups is 2. The van der Waals surface area contributed by atoms with Gasteiger partial charge in [-0.2, -0.15) is 0 Å². The number of esters is 1. The molecule has 0 spiro atoms. The average Bonchev–Trinajstić information content (AvgIpc) is 3.11. The molecule has 170 valence electrons. The van der Waals surface area contributed by atoms with E-state index in [0.29, 0.717) is 31.5 Å². The molecule has 1 aliphatic rings. The third-order valence-electron chi connectivity index (χ3n) is 6.07. The molecule has 1 aliphatic heterocycles. The Morgan fingerprint density at radius 3 is 2.60 bits per heavy atom. The standard InChI is InChI=1S/C24H39NO5/c1-16(2)21-13-23(30-24(21)28)22(25-4)11-17(3)10-18-6-7-19(14-27)20(12-18)15-29-9-5-8-26/h6-7,12,16-17,21-23,25-27H,5,8-11,13-15H2,1-4H3/t17-,21-,22-,23-/m0/s1. The highest BCUT2D eigenvalue weighted by Gasteiger charge is 2.40. The molecule has 0 bridgehead atoms. The number of nitrogens with one attached hydrogen (secondary N) is 1. The van der Waals surface area contributed by atoms with Crippen molar-refractivity contribution < 1.29 is 24.5 Å². The third-order valence-corrected chi connectivity index (χ3v) is 6.07. The molecule has 0 aromatic heterocycles. The predicted molar refractivity (Wildman–Crippen MR) is 117 cm³/mol. The Labute approximate surface area is 181 Å². The Morgan fingerprint density at radius 2 is 2.00 bits per heavy atom. The average molecular weight is 422 g/mol. The maximum absolute atomic E-state index is 12.2. The second-order valence-electron chi connectivity index (χ2n) is 8.89. The number of cyclic esters (lactones) is 1. The van der Waals surface area contributed by atoms with E-state index < -0.39 is 0 Å². The van der Waals surface area contributed by atoms with Gasteiger partial charge in [0.15, 0.2) is 0 Å². The molecular weight excluding hydrogens is 382 g/mol. The number of carbonyl (C=O) groups is 1. The van der Waals surface area contributed by atoms with Gasteiger partial charge >= 0.3 is 5.97 Å². The summed E-state index contributed by atoms with van der Waals surface area (Å²) < 4.78 is 11.3. The van der Waals surface area contributed by atoms with Gasteiger partial charge in [0, 0.05) is 19.3 Å². The van der Waals surface area contributed by atoms with E-state index in [4.69, 9.17) is 14.6 Å². The van der Waals surface area contributed by atoms with E-state index in [9.17, 15) is 9.90 Å². The Kier molecular flexibility index (Phi) is 10.2. The number of hydrogen-bond donors (Lipinski definition) is 3. The number of benzene rings is 1. The molecule has 1 aromatic rings. The summed E-state index contributed by atoms with van der Waals surface area (Å²) in [7, 11) is 1.94. The molecule has 6 nitrogen and oxygen atoms in total. The van der Waals surface area contributed by atoms with E-state index >= 15 is 0 Å². The van der Waals surface area contributed by atoms with Crippen molar-refractivity contribution in [3.05, 3.63) is 34.9 Å². The highest BCUT2D eigenvalue weighted by Crippen LogP contribution is 2.31. The first-order valence-electron chi connectivity index (χ1n) is 11.2. The Balaban J connectivity index is 1.95. The lowest BCUT2D eigenvalue weighted by Crippen LogP contribution is -2.39. The monoisotopic (exact) mass is 421 g/mol. The first-order chi connectivity index (χ1) is 14.4. The molecule has 1 fully saturated rings. The topological polar surface area (TPSA) is 88.0 Å². The molecule has 0 amide bonds. The molecule has 1 aromatic carbocycles. The summed E-state index contributed by atoms with van der Waals surface area (Å²) in [6, 6.07) is 6.29. The van der Waals surface area contributed by atoms with Gasteiger partial charge in [-0.1, -0.05) is 39.0 Å². The Morgan fingerprint density at radius 1 is 1.23 bits per heavy atom. The molecule has 6 heteroatoms. The van der Waals surface area contributed by atoms with Gasteiger partial charge in [-0.15, -0.1) is 0 Å². The van der Waals surface area contributed by atoms with Crippen LogP contribution in [0.5, 0.6) is 0 Å². The van der Waals surface area contributed by atoms with Crippen molar-refractivity contribution in [3.8, 4) is 0 Å². The van der Waals surface area contributed by atoms with E-state index in [2.05, 4.69) is 38.2 Å². The lowest BCUT2D eigenvalue weighted by Gasteiger charge is -2.25. The fraction of sp³-hybridized carbons (Fsp3) is 0.708. The number of carbonyl (C=O) groups excluding carboxylic acids is 1. The van der Waals surface area contributed by atoms with Crippen LogP contribution in [0, 0.1) is 17.8 Å². The summed E-state index contributed by atoms with van der Waals surface area (Å²) in [6.45, 7) is 7.41. The van der Waals surface area contributed by atoms with Crippen LogP contribution in [0.15, 0.2) is 18.2 Å². The van der Waals surface area contributed by atoms with Crippen LogP contribution in [-0.2, 0) is 33.9 Å². The molecule has 1 saturated heterocycles. The van der Waals surface area contributed by atoms with Crippen LogP contribution in [0.25, 0.3) is 0 Å². The van der Waals surface area contributed by atoms with Gasteiger partial charge in [0.2, 0.25) is 0 Å². The highest BCUT2D eigenvalue weighted by molar-refractivity contribution is 5.75. The van der Waals surface area contributed by atoms with Gasteiger partial charge in [-0.25, -0.2) is 0 Å². The quantitative estimate of drug-likeness (QED) is 0.335. The second-order valence-corrected chi connectivity index (χ2v) is 8.89. The van der Waals surface area contributed by atoms with Crippen LogP contribution in [0.3, 0.4) is 0 Å². The first-order valence-corrected chi connectivity index (χ1v) is 11.2. The van der Waals surface area contributed by atoms with Crippen LogP contribution < -0.4 is 5.32 Å². The van der Waals surface area contributed by atoms with Gasteiger partial charge < -0.3 is 25.0 Å². The molecule has 0 unspecified atom stereocenters. The van der Waals surface area contributed by atoms with E-state index in [1.54, 1.807) is 0 Å². The largest absolute Gasteiger partial charge is 0.460 e. The zero-order chi connectivity index (χ0) is 22.1. The van der Waals surface area contributed by atoms with Gasteiger partial charge in [0.05, 0.1) is 19.1 Å². The number of likely N-dealkylation sites (N-methyl/N-ethyl adjacent to an activating group) is 1. The van der Waals surface area contributed by atoms with Crippen molar-refractivity contribution in [3.63, 3.8) is 0 Å². The van der Waals surface area contributed by atoms with Crippen molar-refractivity contribution in [1.82, 2.24) is 5.32 Å². The van der Waals surface area contributed by atoms with Crippen molar-refractivity contribution >= 4 is 5.97 Å². The zero-order valence-electron chi connectivity index (χ0n) is 18.9. The summed E-state index contributed by atoms with van der Waals surface area (Å²) in [6.07, 6.45) is 3.16. The highest BCUT2D eigenvalue weighted by atomic mass is 16.6. The van der Waals surface area contributed by atoms with E-state index in [1.165, 1.54) is 5.56 Å². The maximum Gasteiger partial charge on any atom is 0.309 e. The minimum atomic E-state index is -0.0652. The fourth-order valence-electron chi connectivity index (χ4n) is 4.24. The van der Waals surface area contributed by atoms with Crippen LogP contribution in [0.2, 0.25) is 0 Å². The summed E-state index contributed by atoms with van der Waals surface area (Å²) in [4.78, 5) is 12.2. The van der Waals surface area contributed by atoms with E-state index in [1.807, 2.05) is 13.1 Å². The van der Waals surface area contributed by atoms with Crippen LogP contribution in [0.4, 0.5) is 0 Å². The molecule has 1 heterocycles. The normalized spacial score (nSPS) is 21.1. The molecular formula is C24H39NO5. The number of rotatable bonds is 13. The minimum absolute atomic E-state index is 0.000531. The first kappa shape index (κ1) is 24.8. The summed E-state index contributed by atoms with van der Waals surface area (Å²) in [5.41, 5.74) is 3.08.